The largest absolute Gasteiger partial charge is 0.487 e. The van der Waals surface area contributed by atoms with Gasteiger partial charge in [-0.3, -0.25) is 0 Å². The van der Waals surface area contributed by atoms with E-state index in [-0.39, 0.29) is 19.2 Å². The first-order chi connectivity index (χ1) is 10.5. The van der Waals surface area contributed by atoms with Crippen molar-refractivity contribution in [2.75, 3.05) is 12.3 Å². The Labute approximate surface area is 129 Å². The molecule has 0 saturated carbocycles. The van der Waals surface area contributed by atoms with E-state index in [4.69, 9.17) is 15.2 Å². The third-order valence-electron chi connectivity index (χ3n) is 3.03. The van der Waals surface area contributed by atoms with Crippen LogP contribution in [0.4, 0.5) is 5.95 Å². The number of aryl methyl sites for hydroxylation is 2. The van der Waals surface area contributed by atoms with E-state index >= 15 is 0 Å². The number of nitrogens with two attached hydrogens (primary N) is 1. The number of aromatic nitrogens is 2. The number of nitrogen functional groups attached to an aromatic ring is 1. The second kappa shape index (κ2) is 6.89. The number of ether oxygens (including phenoxy) is 2. The van der Waals surface area contributed by atoms with Gasteiger partial charge in [-0.05, 0) is 38.5 Å². The first-order valence-electron chi connectivity index (χ1n) is 7.00. The molecule has 2 N–H and O–H groups in total. The number of benzene rings is 1. The smallest absolute Gasteiger partial charge is 0.341 e. The number of carbonyl (C=O) groups excluding carboxylic acids is 1. The van der Waals surface area contributed by atoms with Crippen LogP contribution in [0.1, 0.15) is 34.2 Å². The van der Waals surface area contributed by atoms with Gasteiger partial charge in [-0.15, -0.1) is 0 Å². The summed E-state index contributed by atoms with van der Waals surface area (Å²) in [5, 5.41) is 0. The van der Waals surface area contributed by atoms with Crippen LogP contribution < -0.4 is 10.5 Å². The summed E-state index contributed by atoms with van der Waals surface area (Å²) in [4.78, 5) is 20.2. The summed E-state index contributed by atoms with van der Waals surface area (Å²) < 4.78 is 10.7. The quantitative estimate of drug-likeness (QED) is 0.853. The zero-order valence-corrected chi connectivity index (χ0v) is 12.9. The molecule has 0 radical (unpaired) electrons. The Balaban J connectivity index is 2.27. The highest BCUT2D eigenvalue weighted by Gasteiger charge is 2.19. The normalized spacial score (nSPS) is 10.3. The van der Waals surface area contributed by atoms with Crippen molar-refractivity contribution in [3.05, 3.63) is 46.8 Å². The van der Waals surface area contributed by atoms with Crippen LogP contribution in [0.5, 0.6) is 5.75 Å². The van der Waals surface area contributed by atoms with Gasteiger partial charge in [0.1, 0.15) is 17.9 Å². The second-order valence-electron chi connectivity index (χ2n) is 4.81. The molecular formula is C16H19N3O3. The SMILES string of the molecule is CCOC(=O)c1c(C)nc(N)nc1COc1cccc(C)c1. The molecule has 2 aromatic rings. The fourth-order valence-electron chi connectivity index (χ4n) is 2.09. The molecule has 1 aromatic carbocycles. The molecule has 0 bridgehead atoms. The van der Waals surface area contributed by atoms with Gasteiger partial charge < -0.3 is 15.2 Å². The van der Waals surface area contributed by atoms with Gasteiger partial charge in [-0.1, -0.05) is 12.1 Å². The average Bonchev–Trinajstić information content (AvgIpc) is 2.44. The van der Waals surface area contributed by atoms with E-state index < -0.39 is 5.97 Å². The molecule has 0 atom stereocenters. The number of anilines is 1. The van der Waals surface area contributed by atoms with Crippen LogP contribution >= 0.6 is 0 Å². The fourth-order valence-corrected chi connectivity index (χ4v) is 2.09. The zero-order chi connectivity index (χ0) is 16.1. The van der Waals surface area contributed by atoms with Gasteiger partial charge in [0, 0.05) is 0 Å². The summed E-state index contributed by atoms with van der Waals surface area (Å²) in [5.41, 5.74) is 7.96. The van der Waals surface area contributed by atoms with Crippen molar-refractivity contribution in [2.24, 2.45) is 0 Å². The molecule has 0 unspecified atom stereocenters. The lowest BCUT2D eigenvalue weighted by Gasteiger charge is -2.12. The Morgan fingerprint density at radius 1 is 1.27 bits per heavy atom. The van der Waals surface area contributed by atoms with Gasteiger partial charge in [-0.2, -0.15) is 0 Å². The minimum Gasteiger partial charge on any atom is -0.487 e. The molecular weight excluding hydrogens is 282 g/mol. The van der Waals surface area contributed by atoms with Crippen LogP contribution in [0.2, 0.25) is 0 Å². The van der Waals surface area contributed by atoms with Gasteiger partial charge >= 0.3 is 5.97 Å². The molecule has 0 spiro atoms. The monoisotopic (exact) mass is 301 g/mol. The van der Waals surface area contributed by atoms with Crippen LogP contribution in [-0.4, -0.2) is 22.5 Å². The van der Waals surface area contributed by atoms with E-state index in [1.165, 1.54) is 0 Å². The molecule has 0 aliphatic rings. The first-order valence-corrected chi connectivity index (χ1v) is 7.00. The van der Waals surface area contributed by atoms with Crippen molar-refractivity contribution in [1.82, 2.24) is 9.97 Å². The molecule has 116 valence electrons. The van der Waals surface area contributed by atoms with E-state index in [0.29, 0.717) is 22.7 Å². The highest BCUT2D eigenvalue weighted by molar-refractivity contribution is 5.91. The summed E-state index contributed by atoms with van der Waals surface area (Å²) in [6.07, 6.45) is 0. The lowest BCUT2D eigenvalue weighted by Crippen LogP contribution is -2.16. The van der Waals surface area contributed by atoms with E-state index in [0.717, 1.165) is 5.56 Å². The highest BCUT2D eigenvalue weighted by atomic mass is 16.5. The Morgan fingerprint density at radius 3 is 2.73 bits per heavy atom. The maximum atomic E-state index is 12.1. The molecule has 2 rings (SSSR count). The van der Waals surface area contributed by atoms with E-state index in [2.05, 4.69) is 9.97 Å². The maximum Gasteiger partial charge on any atom is 0.341 e. The Hall–Kier alpha value is -2.63. The van der Waals surface area contributed by atoms with Crippen molar-refractivity contribution >= 4 is 11.9 Å². The Morgan fingerprint density at radius 2 is 2.05 bits per heavy atom. The van der Waals surface area contributed by atoms with E-state index in [1.807, 2.05) is 31.2 Å². The van der Waals surface area contributed by atoms with Crippen LogP contribution in [0.25, 0.3) is 0 Å². The molecule has 0 amide bonds. The molecule has 0 saturated heterocycles. The van der Waals surface area contributed by atoms with Crippen LogP contribution in [-0.2, 0) is 11.3 Å². The van der Waals surface area contributed by atoms with Crippen LogP contribution in [0.15, 0.2) is 24.3 Å². The Kier molecular flexibility index (Phi) is 4.93. The van der Waals surface area contributed by atoms with Crippen LogP contribution in [0.3, 0.4) is 0 Å². The molecule has 6 nitrogen and oxygen atoms in total. The highest BCUT2D eigenvalue weighted by Crippen LogP contribution is 2.18. The van der Waals surface area contributed by atoms with Crippen molar-refractivity contribution in [2.45, 2.75) is 27.4 Å². The predicted molar refractivity (Wildman–Crippen MR) is 82.6 cm³/mol. The fraction of sp³-hybridized carbons (Fsp3) is 0.312. The summed E-state index contributed by atoms with van der Waals surface area (Å²) in [6, 6.07) is 7.62. The van der Waals surface area contributed by atoms with Gasteiger partial charge in [0.15, 0.2) is 0 Å². The van der Waals surface area contributed by atoms with Crippen LogP contribution in [0, 0.1) is 13.8 Å². The lowest BCUT2D eigenvalue weighted by atomic mass is 10.1. The summed E-state index contributed by atoms with van der Waals surface area (Å²) in [7, 11) is 0. The maximum absolute atomic E-state index is 12.1. The third kappa shape index (κ3) is 3.72. The molecule has 6 heteroatoms. The molecule has 1 heterocycles. The minimum absolute atomic E-state index is 0.105. The Bertz CT molecular complexity index is 686. The van der Waals surface area contributed by atoms with E-state index in [1.54, 1.807) is 13.8 Å². The lowest BCUT2D eigenvalue weighted by molar-refractivity contribution is 0.0521. The number of rotatable bonds is 5. The molecule has 22 heavy (non-hydrogen) atoms. The zero-order valence-electron chi connectivity index (χ0n) is 12.9. The van der Waals surface area contributed by atoms with Crippen molar-refractivity contribution in [3.8, 4) is 5.75 Å². The van der Waals surface area contributed by atoms with Crippen molar-refractivity contribution in [3.63, 3.8) is 0 Å². The van der Waals surface area contributed by atoms with E-state index in [9.17, 15) is 4.79 Å². The predicted octanol–water partition coefficient (Wildman–Crippen LogP) is 2.43. The second-order valence-corrected chi connectivity index (χ2v) is 4.81. The number of esters is 1. The number of nitrogens with zero attached hydrogens (tertiary/aromatic N) is 2. The molecule has 0 aliphatic carbocycles. The van der Waals surface area contributed by atoms with Gasteiger partial charge in [0.25, 0.3) is 0 Å². The summed E-state index contributed by atoms with van der Waals surface area (Å²) in [5.74, 6) is 0.334. The summed E-state index contributed by atoms with van der Waals surface area (Å²) in [6.45, 7) is 5.81. The third-order valence-corrected chi connectivity index (χ3v) is 3.03. The number of hydrogen-bond donors (Lipinski definition) is 1. The number of carbonyl (C=O) groups is 1. The molecule has 0 fully saturated rings. The minimum atomic E-state index is -0.470. The van der Waals surface area contributed by atoms with Gasteiger partial charge in [0.05, 0.1) is 18.0 Å². The topological polar surface area (TPSA) is 87.3 Å². The van der Waals surface area contributed by atoms with Crippen molar-refractivity contribution in [1.29, 1.82) is 0 Å². The number of hydrogen-bond acceptors (Lipinski definition) is 6. The average molecular weight is 301 g/mol. The van der Waals surface area contributed by atoms with Gasteiger partial charge in [0.2, 0.25) is 5.95 Å². The first kappa shape index (κ1) is 15.8. The van der Waals surface area contributed by atoms with Gasteiger partial charge in [-0.25, -0.2) is 14.8 Å². The molecule has 1 aromatic heterocycles. The van der Waals surface area contributed by atoms with Crippen molar-refractivity contribution < 1.29 is 14.3 Å². The standard InChI is InChI=1S/C16H19N3O3/c1-4-21-15(20)14-11(3)18-16(17)19-13(14)9-22-12-7-5-6-10(2)8-12/h5-8H,4,9H2,1-3H3,(H2,17,18,19). The molecule has 0 aliphatic heterocycles. The summed E-state index contributed by atoms with van der Waals surface area (Å²) >= 11 is 0.